The molecule has 28 heavy (non-hydrogen) atoms. The molecule has 3 aromatic rings. The van der Waals surface area contributed by atoms with E-state index in [1.807, 2.05) is 12.1 Å². The van der Waals surface area contributed by atoms with Crippen molar-refractivity contribution in [3.8, 4) is 0 Å². The van der Waals surface area contributed by atoms with Crippen LogP contribution in [0.3, 0.4) is 0 Å². The molecule has 0 atom stereocenters. The Hall–Kier alpha value is -2.09. The van der Waals surface area contributed by atoms with E-state index in [-0.39, 0.29) is 10.8 Å². The fourth-order valence-corrected chi connectivity index (χ4v) is 4.11. The van der Waals surface area contributed by atoms with Gasteiger partial charge in [-0.1, -0.05) is 55.2 Å². The lowest BCUT2D eigenvalue weighted by molar-refractivity contribution is 0.600. The first-order valence-corrected chi connectivity index (χ1v) is 10.9. The highest BCUT2D eigenvalue weighted by Gasteiger charge is 2.17. The second-order valence-corrected chi connectivity index (χ2v) is 9.37. The minimum atomic E-state index is -3.76. The molecule has 0 saturated carbocycles. The Balaban J connectivity index is 1.71. The molecule has 0 aliphatic carbocycles. The number of sulfonamides is 1. The number of hydrogen-bond donors (Lipinski definition) is 1. The van der Waals surface area contributed by atoms with Crippen LogP contribution >= 0.6 is 23.2 Å². The van der Waals surface area contributed by atoms with Crippen molar-refractivity contribution >= 4 is 39.2 Å². The molecule has 9 heteroatoms. The maximum atomic E-state index is 12.6. The van der Waals surface area contributed by atoms with Crippen LogP contribution in [0.25, 0.3) is 0 Å². The number of nitrogens with one attached hydrogen (secondary N) is 1. The van der Waals surface area contributed by atoms with E-state index in [1.54, 1.807) is 30.3 Å². The molecule has 148 valence electrons. The number of nitrogens with zero attached hydrogens (tertiary/aromatic N) is 3. The first-order chi connectivity index (χ1) is 13.2. The monoisotopic (exact) mass is 438 g/mol. The summed E-state index contributed by atoms with van der Waals surface area (Å²) in [4.78, 5) is 4.18. The van der Waals surface area contributed by atoms with E-state index in [0.717, 1.165) is 17.5 Å². The fraction of sp³-hybridized carbons (Fsp3) is 0.263. The van der Waals surface area contributed by atoms with Crippen molar-refractivity contribution in [1.29, 1.82) is 0 Å². The summed E-state index contributed by atoms with van der Waals surface area (Å²) < 4.78 is 29.0. The number of halogens is 2. The van der Waals surface area contributed by atoms with E-state index in [4.69, 9.17) is 23.2 Å². The maximum Gasteiger partial charge on any atom is 0.264 e. The highest BCUT2D eigenvalue weighted by molar-refractivity contribution is 7.92. The second kappa shape index (κ2) is 8.51. The quantitative estimate of drug-likeness (QED) is 0.582. The SMILES string of the molecule is CC(C)Cc1ccc(S(=O)(=O)Nc2ncn(Cc3ccc(Cl)cc3Cl)n2)cc1. The van der Waals surface area contributed by atoms with Gasteiger partial charge in [0, 0.05) is 10.0 Å². The number of aromatic nitrogens is 3. The van der Waals surface area contributed by atoms with Crippen LogP contribution in [0.1, 0.15) is 25.0 Å². The molecule has 0 fully saturated rings. The average Bonchev–Trinajstić information content (AvgIpc) is 3.03. The number of benzene rings is 2. The Bertz CT molecular complexity index is 1060. The van der Waals surface area contributed by atoms with E-state index in [1.165, 1.54) is 11.0 Å². The van der Waals surface area contributed by atoms with Gasteiger partial charge in [0.15, 0.2) is 0 Å². The van der Waals surface area contributed by atoms with Gasteiger partial charge in [-0.3, -0.25) is 0 Å². The molecular weight excluding hydrogens is 419 g/mol. The van der Waals surface area contributed by atoms with E-state index in [9.17, 15) is 8.42 Å². The van der Waals surface area contributed by atoms with Gasteiger partial charge in [-0.2, -0.15) is 4.98 Å². The third-order valence-corrected chi connectivity index (χ3v) is 5.92. The third kappa shape index (κ3) is 5.25. The molecule has 0 amide bonds. The largest absolute Gasteiger partial charge is 0.264 e. The zero-order chi connectivity index (χ0) is 20.3. The van der Waals surface area contributed by atoms with Crippen LogP contribution in [-0.4, -0.2) is 23.2 Å². The van der Waals surface area contributed by atoms with Crippen molar-refractivity contribution in [3.05, 3.63) is 70.0 Å². The fourth-order valence-electron chi connectivity index (χ4n) is 2.70. The molecule has 0 unspecified atom stereocenters. The Labute approximate surface area is 174 Å². The lowest BCUT2D eigenvalue weighted by Crippen LogP contribution is -2.14. The molecule has 0 aliphatic heterocycles. The summed E-state index contributed by atoms with van der Waals surface area (Å²) >= 11 is 12.1. The van der Waals surface area contributed by atoms with Gasteiger partial charge < -0.3 is 0 Å². The maximum absolute atomic E-state index is 12.6. The Kier molecular flexibility index (Phi) is 6.27. The molecule has 0 radical (unpaired) electrons. The van der Waals surface area contributed by atoms with Crippen molar-refractivity contribution < 1.29 is 8.42 Å². The van der Waals surface area contributed by atoms with Gasteiger partial charge in [-0.15, -0.1) is 5.10 Å². The molecule has 3 rings (SSSR count). The predicted octanol–water partition coefficient (Wildman–Crippen LogP) is 4.63. The average molecular weight is 439 g/mol. The summed E-state index contributed by atoms with van der Waals surface area (Å²) in [5, 5.41) is 5.21. The van der Waals surface area contributed by atoms with Crippen LogP contribution in [0.15, 0.2) is 53.7 Å². The lowest BCUT2D eigenvalue weighted by atomic mass is 10.0. The van der Waals surface area contributed by atoms with Gasteiger partial charge in [0.05, 0.1) is 11.4 Å². The highest BCUT2D eigenvalue weighted by Crippen LogP contribution is 2.22. The van der Waals surface area contributed by atoms with E-state index < -0.39 is 10.0 Å². The van der Waals surface area contributed by atoms with Gasteiger partial charge in [0.1, 0.15) is 6.33 Å². The summed E-state index contributed by atoms with van der Waals surface area (Å²) in [6.45, 7) is 4.57. The minimum Gasteiger partial charge on any atom is -0.246 e. The van der Waals surface area contributed by atoms with Gasteiger partial charge in [-0.05, 0) is 47.7 Å². The van der Waals surface area contributed by atoms with E-state index >= 15 is 0 Å². The smallest absolute Gasteiger partial charge is 0.246 e. The molecule has 1 N–H and O–H groups in total. The van der Waals surface area contributed by atoms with Crippen LogP contribution in [-0.2, 0) is 23.0 Å². The highest BCUT2D eigenvalue weighted by atomic mass is 35.5. The topological polar surface area (TPSA) is 76.9 Å². The van der Waals surface area contributed by atoms with Crippen LogP contribution in [0.4, 0.5) is 5.95 Å². The first kappa shape index (κ1) is 20.6. The zero-order valence-electron chi connectivity index (χ0n) is 15.4. The standard InChI is InChI=1S/C19H20Cl2N4O2S/c1-13(2)9-14-3-7-17(8-4-14)28(26,27)24-19-22-12-25(23-19)11-15-5-6-16(20)10-18(15)21/h3-8,10,12-13H,9,11H2,1-2H3,(H,23,24). The van der Waals surface area contributed by atoms with E-state index in [0.29, 0.717) is 22.5 Å². The molecule has 1 aromatic heterocycles. The molecular formula is C19H20Cl2N4O2S. The summed E-state index contributed by atoms with van der Waals surface area (Å²) in [6.07, 6.45) is 2.33. The van der Waals surface area contributed by atoms with Gasteiger partial charge in [-0.25, -0.2) is 17.8 Å². The van der Waals surface area contributed by atoms with Gasteiger partial charge in [0.25, 0.3) is 16.0 Å². The van der Waals surface area contributed by atoms with Crippen LogP contribution in [0.2, 0.25) is 10.0 Å². The van der Waals surface area contributed by atoms with Crippen molar-refractivity contribution in [2.45, 2.75) is 31.7 Å². The second-order valence-electron chi connectivity index (χ2n) is 6.85. The molecule has 0 spiro atoms. The predicted molar refractivity (Wildman–Crippen MR) is 111 cm³/mol. The van der Waals surface area contributed by atoms with Crippen molar-refractivity contribution in [1.82, 2.24) is 14.8 Å². The summed E-state index contributed by atoms with van der Waals surface area (Å²) in [5.41, 5.74) is 1.89. The van der Waals surface area contributed by atoms with Crippen molar-refractivity contribution in [3.63, 3.8) is 0 Å². The van der Waals surface area contributed by atoms with E-state index in [2.05, 4.69) is 28.7 Å². The van der Waals surface area contributed by atoms with Crippen LogP contribution in [0, 0.1) is 5.92 Å². The van der Waals surface area contributed by atoms with Crippen LogP contribution < -0.4 is 4.72 Å². The summed E-state index contributed by atoms with van der Waals surface area (Å²) in [5.74, 6) is 0.499. The molecule has 6 nitrogen and oxygen atoms in total. The number of anilines is 1. The van der Waals surface area contributed by atoms with Crippen molar-refractivity contribution in [2.75, 3.05) is 4.72 Å². The number of hydrogen-bond acceptors (Lipinski definition) is 4. The van der Waals surface area contributed by atoms with Crippen LogP contribution in [0.5, 0.6) is 0 Å². The molecule has 2 aromatic carbocycles. The Morgan fingerprint density at radius 1 is 1.11 bits per heavy atom. The molecule has 0 bridgehead atoms. The first-order valence-electron chi connectivity index (χ1n) is 8.68. The summed E-state index contributed by atoms with van der Waals surface area (Å²) in [6, 6.07) is 12.0. The summed E-state index contributed by atoms with van der Waals surface area (Å²) in [7, 11) is -3.76. The number of rotatable bonds is 7. The van der Waals surface area contributed by atoms with Gasteiger partial charge in [0.2, 0.25) is 0 Å². The molecule has 0 saturated heterocycles. The Morgan fingerprint density at radius 2 is 1.82 bits per heavy atom. The third-order valence-electron chi connectivity index (χ3n) is 3.99. The molecule has 1 heterocycles. The van der Waals surface area contributed by atoms with Crippen molar-refractivity contribution in [2.24, 2.45) is 5.92 Å². The zero-order valence-corrected chi connectivity index (χ0v) is 17.8. The van der Waals surface area contributed by atoms with Gasteiger partial charge >= 0.3 is 0 Å². The normalized spacial score (nSPS) is 11.8. The minimum absolute atomic E-state index is 0.00339. The molecule has 0 aliphatic rings. The Morgan fingerprint density at radius 3 is 2.46 bits per heavy atom. The lowest BCUT2D eigenvalue weighted by Gasteiger charge is -2.08.